The van der Waals surface area contributed by atoms with E-state index >= 15 is 0 Å². The molecule has 3 aromatic rings. The molecule has 0 bridgehead atoms. The van der Waals surface area contributed by atoms with Crippen LogP contribution in [0.1, 0.15) is 21.6 Å². The molecule has 1 amide bonds. The fraction of sp³-hybridized carbons (Fsp3) is 0.150. The molecule has 6 heteroatoms. The first-order valence-corrected chi connectivity index (χ1v) is 9.11. The number of ether oxygens (including phenoxy) is 1. The molecule has 26 heavy (non-hydrogen) atoms. The standard InChI is InChI=1S/C20H16N2O3S/c1-13-12-26-20(21-13)22(15-8-3-2-4-9-15)18(23)17-11-14-7-5-6-10-16(14)19(24)25-17/h2-10,12,17H,11H2,1H3/t17-/m0/s1. The van der Waals surface area contributed by atoms with E-state index in [-0.39, 0.29) is 5.91 Å². The fourth-order valence-electron chi connectivity index (χ4n) is 2.97. The lowest BCUT2D eigenvalue weighted by atomic mass is 9.98. The number of esters is 1. The molecule has 0 aliphatic carbocycles. The first-order valence-electron chi connectivity index (χ1n) is 8.23. The summed E-state index contributed by atoms with van der Waals surface area (Å²) in [4.78, 5) is 31.6. The minimum absolute atomic E-state index is 0.298. The van der Waals surface area contributed by atoms with Crippen molar-refractivity contribution in [2.24, 2.45) is 0 Å². The van der Waals surface area contributed by atoms with Gasteiger partial charge < -0.3 is 4.74 Å². The first kappa shape index (κ1) is 16.5. The van der Waals surface area contributed by atoms with Crippen molar-refractivity contribution in [1.29, 1.82) is 0 Å². The molecule has 1 aliphatic rings. The van der Waals surface area contributed by atoms with Crippen molar-refractivity contribution < 1.29 is 14.3 Å². The number of amides is 1. The SMILES string of the molecule is Cc1csc(N(C(=O)[C@@H]2Cc3ccccc3C(=O)O2)c2ccccc2)n1. The van der Waals surface area contributed by atoms with E-state index in [4.69, 9.17) is 4.74 Å². The number of para-hydroxylation sites is 1. The Labute approximate surface area is 154 Å². The van der Waals surface area contributed by atoms with E-state index in [0.29, 0.717) is 22.8 Å². The predicted octanol–water partition coefficient (Wildman–Crippen LogP) is 3.90. The number of thiazole rings is 1. The maximum Gasteiger partial charge on any atom is 0.339 e. The number of carbonyl (C=O) groups excluding carboxylic acids is 2. The van der Waals surface area contributed by atoms with E-state index in [0.717, 1.165) is 11.3 Å². The summed E-state index contributed by atoms with van der Waals surface area (Å²) in [6.45, 7) is 1.88. The molecule has 2 aromatic carbocycles. The second-order valence-corrected chi connectivity index (χ2v) is 6.87. The topological polar surface area (TPSA) is 59.5 Å². The Hall–Kier alpha value is -2.99. The number of hydrogen-bond donors (Lipinski definition) is 0. The Morgan fingerprint density at radius 2 is 1.88 bits per heavy atom. The number of aromatic nitrogens is 1. The van der Waals surface area contributed by atoms with Crippen LogP contribution in [0, 0.1) is 6.92 Å². The minimum atomic E-state index is -0.873. The molecule has 0 saturated heterocycles. The van der Waals surface area contributed by atoms with Gasteiger partial charge in [0.15, 0.2) is 11.2 Å². The summed E-state index contributed by atoms with van der Waals surface area (Å²) >= 11 is 1.38. The summed E-state index contributed by atoms with van der Waals surface area (Å²) in [6, 6.07) is 16.5. The van der Waals surface area contributed by atoms with Gasteiger partial charge in [-0.15, -0.1) is 11.3 Å². The number of hydrogen-bond acceptors (Lipinski definition) is 5. The summed E-state index contributed by atoms with van der Waals surface area (Å²) < 4.78 is 5.45. The summed E-state index contributed by atoms with van der Waals surface area (Å²) in [5.41, 5.74) is 2.88. The predicted molar refractivity (Wildman–Crippen MR) is 99.8 cm³/mol. The normalized spacial score (nSPS) is 15.9. The number of cyclic esters (lactones) is 1. The highest BCUT2D eigenvalue weighted by Gasteiger charge is 2.35. The van der Waals surface area contributed by atoms with E-state index < -0.39 is 12.1 Å². The smallest absolute Gasteiger partial charge is 0.339 e. The van der Waals surface area contributed by atoms with Gasteiger partial charge in [0.25, 0.3) is 5.91 Å². The van der Waals surface area contributed by atoms with Gasteiger partial charge in [0, 0.05) is 11.8 Å². The lowest BCUT2D eigenvalue weighted by Gasteiger charge is -2.28. The lowest BCUT2D eigenvalue weighted by Crippen LogP contribution is -2.42. The molecule has 0 saturated carbocycles. The Balaban J connectivity index is 1.71. The summed E-state index contributed by atoms with van der Waals surface area (Å²) in [7, 11) is 0. The van der Waals surface area contributed by atoms with Gasteiger partial charge in [-0.25, -0.2) is 9.78 Å². The lowest BCUT2D eigenvalue weighted by molar-refractivity contribution is -0.126. The highest BCUT2D eigenvalue weighted by molar-refractivity contribution is 7.14. The molecule has 0 N–H and O–H groups in total. The Morgan fingerprint density at radius 1 is 1.15 bits per heavy atom. The maximum absolute atomic E-state index is 13.3. The third-order valence-corrected chi connectivity index (χ3v) is 5.14. The highest BCUT2D eigenvalue weighted by Crippen LogP contribution is 2.31. The molecule has 5 nitrogen and oxygen atoms in total. The van der Waals surface area contributed by atoms with Crippen LogP contribution in [-0.2, 0) is 16.0 Å². The van der Waals surface area contributed by atoms with E-state index in [1.807, 2.05) is 54.8 Å². The van der Waals surface area contributed by atoms with Gasteiger partial charge in [-0.2, -0.15) is 0 Å². The number of nitrogens with zero attached hydrogens (tertiary/aromatic N) is 2. The second kappa shape index (κ2) is 6.72. The molecule has 1 aromatic heterocycles. The molecular weight excluding hydrogens is 348 g/mol. The van der Waals surface area contributed by atoms with Crippen LogP contribution in [0.2, 0.25) is 0 Å². The van der Waals surface area contributed by atoms with Crippen LogP contribution in [0.15, 0.2) is 60.0 Å². The third-order valence-electron chi connectivity index (χ3n) is 4.20. The average molecular weight is 364 g/mol. The van der Waals surface area contributed by atoms with E-state index in [1.165, 1.54) is 16.2 Å². The molecule has 1 atom stereocenters. The number of benzene rings is 2. The Kier molecular flexibility index (Phi) is 4.26. The van der Waals surface area contributed by atoms with Crippen molar-refractivity contribution in [2.75, 3.05) is 4.90 Å². The van der Waals surface area contributed by atoms with Crippen LogP contribution >= 0.6 is 11.3 Å². The van der Waals surface area contributed by atoms with Gasteiger partial charge in [-0.1, -0.05) is 36.4 Å². The average Bonchev–Trinajstić information content (AvgIpc) is 3.08. The van der Waals surface area contributed by atoms with Crippen molar-refractivity contribution >= 4 is 34.0 Å². The minimum Gasteiger partial charge on any atom is -0.448 e. The number of anilines is 2. The molecule has 0 spiro atoms. The number of carbonyl (C=O) groups is 2. The molecule has 1 aliphatic heterocycles. The van der Waals surface area contributed by atoms with Gasteiger partial charge in [-0.3, -0.25) is 9.69 Å². The van der Waals surface area contributed by atoms with Gasteiger partial charge in [-0.05, 0) is 30.7 Å². The molecular formula is C20H16N2O3S. The number of fused-ring (bicyclic) bond motifs is 1. The van der Waals surface area contributed by atoms with Gasteiger partial charge in [0.05, 0.1) is 16.9 Å². The number of aryl methyl sites for hydroxylation is 1. The van der Waals surface area contributed by atoms with Crippen molar-refractivity contribution in [3.63, 3.8) is 0 Å². The first-order chi connectivity index (χ1) is 12.6. The van der Waals surface area contributed by atoms with Crippen molar-refractivity contribution in [3.8, 4) is 0 Å². The molecule has 2 heterocycles. The quantitative estimate of drug-likeness (QED) is 0.662. The van der Waals surface area contributed by atoms with E-state index in [9.17, 15) is 9.59 Å². The fourth-order valence-corrected chi connectivity index (χ4v) is 3.79. The molecule has 0 fully saturated rings. The van der Waals surface area contributed by atoms with Crippen molar-refractivity contribution in [3.05, 3.63) is 76.8 Å². The zero-order valence-corrected chi connectivity index (χ0v) is 14.9. The van der Waals surface area contributed by atoms with Crippen LogP contribution in [0.5, 0.6) is 0 Å². The monoisotopic (exact) mass is 364 g/mol. The maximum atomic E-state index is 13.3. The van der Waals surface area contributed by atoms with Crippen LogP contribution in [-0.4, -0.2) is 23.0 Å². The van der Waals surface area contributed by atoms with Crippen molar-refractivity contribution in [2.45, 2.75) is 19.4 Å². The van der Waals surface area contributed by atoms with Crippen LogP contribution in [0.25, 0.3) is 0 Å². The molecule has 4 rings (SSSR count). The molecule has 0 unspecified atom stereocenters. The molecule has 130 valence electrons. The van der Waals surface area contributed by atoms with E-state index in [1.54, 1.807) is 12.1 Å². The van der Waals surface area contributed by atoms with Gasteiger partial charge in [0.1, 0.15) is 0 Å². The third kappa shape index (κ3) is 2.99. The van der Waals surface area contributed by atoms with E-state index in [2.05, 4.69) is 4.98 Å². The Morgan fingerprint density at radius 3 is 2.62 bits per heavy atom. The largest absolute Gasteiger partial charge is 0.448 e. The zero-order chi connectivity index (χ0) is 18.1. The second-order valence-electron chi connectivity index (χ2n) is 6.04. The summed E-state index contributed by atoms with van der Waals surface area (Å²) in [6.07, 6.45) is -0.518. The summed E-state index contributed by atoms with van der Waals surface area (Å²) in [5.74, 6) is -0.762. The van der Waals surface area contributed by atoms with Gasteiger partial charge >= 0.3 is 5.97 Å². The molecule has 0 radical (unpaired) electrons. The van der Waals surface area contributed by atoms with Crippen LogP contribution in [0.4, 0.5) is 10.8 Å². The zero-order valence-electron chi connectivity index (χ0n) is 14.1. The number of rotatable bonds is 3. The van der Waals surface area contributed by atoms with Crippen LogP contribution < -0.4 is 4.90 Å². The Bertz CT molecular complexity index is 968. The van der Waals surface area contributed by atoms with Gasteiger partial charge in [0.2, 0.25) is 0 Å². The van der Waals surface area contributed by atoms with Crippen LogP contribution in [0.3, 0.4) is 0 Å². The van der Waals surface area contributed by atoms with Crippen molar-refractivity contribution in [1.82, 2.24) is 4.98 Å². The highest BCUT2D eigenvalue weighted by atomic mass is 32.1. The summed E-state index contributed by atoms with van der Waals surface area (Å²) in [5, 5.41) is 2.45.